The van der Waals surface area contributed by atoms with Gasteiger partial charge in [0.2, 0.25) is 0 Å². The average Bonchev–Trinajstić information content (AvgIpc) is 2.02. The summed E-state index contributed by atoms with van der Waals surface area (Å²) >= 11 is 15.6. The summed E-state index contributed by atoms with van der Waals surface area (Å²) in [6, 6.07) is 0. The molecule has 0 rings (SSSR count). The summed E-state index contributed by atoms with van der Waals surface area (Å²) in [5, 5.41) is 2.11. The molecule has 0 bridgehead atoms. The Morgan fingerprint density at radius 1 is 1.38 bits per heavy atom. The Morgan fingerprint density at radius 2 is 1.92 bits per heavy atom. The summed E-state index contributed by atoms with van der Waals surface area (Å²) < 4.78 is 2.48. The molecule has 0 aromatic heterocycles. The number of halogens is 3. The van der Waals surface area contributed by atoms with Crippen LogP contribution in [0.15, 0.2) is 0 Å². The molecule has 13 heavy (non-hydrogen) atoms. The molecule has 76 valence electrons. The molecule has 1 N–H and O–H groups in total. The lowest BCUT2D eigenvalue weighted by atomic mass is 10.5. The smallest absolute Gasteiger partial charge is 0.307 e. The molecular weight excluding hydrogens is 240 g/mol. The molecule has 0 aliphatic rings. The highest BCUT2D eigenvalue weighted by Gasteiger charge is 2.30. The van der Waals surface area contributed by atoms with Gasteiger partial charge in [-0.15, -0.1) is 0 Å². The van der Waals surface area contributed by atoms with E-state index in [1.165, 1.54) is 0 Å². The maximum absolute atomic E-state index is 10.8. The Labute approximate surface area is 90.5 Å². The van der Waals surface area contributed by atoms with E-state index in [1.807, 2.05) is 0 Å². The highest BCUT2D eigenvalue weighted by atomic mass is 35.6. The number of hydrogen-bond acceptors (Lipinski definition) is 3. The Morgan fingerprint density at radius 3 is 2.31 bits per heavy atom. The van der Waals surface area contributed by atoms with Crippen molar-refractivity contribution in [1.82, 2.24) is 5.32 Å². The fourth-order valence-corrected chi connectivity index (χ4v) is 0.585. The van der Waals surface area contributed by atoms with E-state index in [1.54, 1.807) is 6.92 Å². The van der Waals surface area contributed by atoms with Gasteiger partial charge in [-0.1, -0.05) is 41.7 Å². The van der Waals surface area contributed by atoms with Crippen LogP contribution in [-0.2, 0) is 14.3 Å². The van der Waals surface area contributed by atoms with E-state index in [0.29, 0.717) is 0 Å². The molecule has 0 atom stereocenters. The van der Waals surface area contributed by atoms with Gasteiger partial charge < -0.3 is 10.1 Å². The number of nitrogens with one attached hydrogen (secondary N) is 1. The lowest BCUT2D eigenvalue weighted by Gasteiger charge is -2.10. The molecule has 0 saturated heterocycles. The molecule has 4 nitrogen and oxygen atoms in total. The minimum atomic E-state index is -2.03. The zero-order valence-corrected chi connectivity index (χ0v) is 9.04. The maximum atomic E-state index is 10.8. The molecule has 1 amide bonds. The van der Waals surface area contributed by atoms with Crippen LogP contribution in [0.1, 0.15) is 13.3 Å². The zero-order valence-electron chi connectivity index (χ0n) is 6.77. The van der Waals surface area contributed by atoms with E-state index >= 15 is 0 Å². The van der Waals surface area contributed by atoms with E-state index in [-0.39, 0.29) is 13.2 Å². The minimum Gasteiger partial charge on any atom is -0.444 e. The van der Waals surface area contributed by atoms with Crippen LogP contribution in [0, 0.1) is 0 Å². The number of alkyl halides is 3. The third-order valence-electron chi connectivity index (χ3n) is 1.01. The van der Waals surface area contributed by atoms with Crippen LogP contribution in [0.3, 0.4) is 0 Å². The van der Waals surface area contributed by atoms with Crippen LogP contribution in [0.25, 0.3) is 0 Å². The lowest BCUT2D eigenvalue weighted by molar-refractivity contribution is -0.144. The summed E-state index contributed by atoms with van der Waals surface area (Å²) in [6.45, 7) is 1.33. The maximum Gasteiger partial charge on any atom is 0.307 e. The average molecular weight is 248 g/mol. The Kier molecular flexibility index (Phi) is 5.44. The third-order valence-corrected chi connectivity index (χ3v) is 1.53. The molecule has 0 heterocycles. The van der Waals surface area contributed by atoms with Crippen LogP contribution >= 0.6 is 34.8 Å². The standard InChI is InChI=1S/C6H8Cl3NO3/c1-2-4(11)13-3-10-5(12)6(7,8)9/h2-3H2,1H3,(H,10,12). The molecule has 0 saturated carbocycles. The number of hydrogen-bond donors (Lipinski definition) is 1. The first-order valence-corrected chi connectivity index (χ1v) is 4.52. The van der Waals surface area contributed by atoms with Gasteiger partial charge in [-0.25, -0.2) is 0 Å². The van der Waals surface area contributed by atoms with Gasteiger partial charge in [0.25, 0.3) is 9.70 Å². The van der Waals surface area contributed by atoms with Gasteiger partial charge in [-0.05, 0) is 0 Å². The number of ether oxygens (including phenoxy) is 1. The summed E-state index contributed by atoms with van der Waals surface area (Å²) in [4.78, 5) is 21.4. The number of carbonyl (C=O) groups is 2. The van der Waals surface area contributed by atoms with Crippen LogP contribution in [0.4, 0.5) is 0 Å². The van der Waals surface area contributed by atoms with Gasteiger partial charge in [0, 0.05) is 6.42 Å². The first-order chi connectivity index (χ1) is 5.88. The predicted molar refractivity (Wildman–Crippen MR) is 49.7 cm³/mol. The second-order valence-electron chi connectivity index (χ2n) is 2.02. The lowest BCUT2D eigenvalue weighted by Crippen LogP contribution is -2.36. The molecule has 0 spiro atoms. The van der Waals surface area contributed by atoms with Gasteiger partial charge in [-0.3, -0.25) is 9.59 Å². The summed E-state index contributed by atoms with van der Waals surface area (Å²) in [6.07, 6.45) is 0.226. The van der Waals surface area contributed by atoms with Crippen molar-refractivity contribution in [3.63, 3.8) is 0 Å². The van der Waals surface area contributed by atoms with Crippen molar-refractivity contribution in [3.8, 4) is 0 Å². The van der Waals surface area contributed by atoms with E-state index in [2.05, 4.69) is 10.1 Å². The van der Waals surface area contributed by atoms with Crippen molar-refractivity contribution < 1.29 is 14.3 Å². The van der Waals surface area contributed by atoms with E-state index in [0.717, 1.165) is 0 Å². The second kappa shape index (κ2) is 5.52. The molecule has 7 heteroatoms. The monoisotopic (exact) mass is 247 g/mol. The predicted octanol–water partition coefficient (Wildman–Crippen LogP) is 1.38. The first kappa shape index (κ1) is 12.8. The Bertz CT molecular complexity index is 202. The second-order valence-corrected chi connectivity index (χ2v) is 4.30. The fourth-order valence-electron chi connectivity index (χ4n) is 0.384. The largest absolute Gasteiger partial charge is 0.444 e. The van der Waals surface area contributed by atoms with Crippen LogP contribution in [-0.4, -0.2) is 22.4 Å². The molecule has 0 aliphatic carbocycles. The molecule has 0 aromatic carbocycles. The molecular formula is C6H8Cl3NO3. The van der Waals surface area contributed by atoms with Crippen LogP contribution in [0.2, 0.25) is 0 Å². The quantitative estimate of drug-likeness (QED) is 0.466. The zero-order chi connectivity index (χ0) is 10.5. The number of rotatable bonds is 3. The van der Waals surface area contributed by atoms with Gasteiger partial charge in [0.15, 0.2) is 6.73 Å². The van der Waals surface area contributed by atoms with Crippen LogP contribution < -0.4 is 5.32 Å². The number of esters is 1. The summed E-state index contributed by atoms with van der Waals surface area (Å²) in [5.41, 5.74) is 0. The highest BCUT2D eigenvalue weighted by Crippen LogP contribution is 2.25. The van der Waals surface area contributed by atoms with Crippen molar-refractivity contribution in [1.29, 1.82) is 0 Å². The van der Waals surface area contributed by atoms with Gasteiger partial charge in [-0.2, -0.15) is 0 Å². The molecule has 0 unspecified atom stereocenters. The first-order valence-electron chi connectivity index (χ1n) is 3.38. The van der Waals surface area contributed by atoms with Gasteiger partial charge >= 0.3 is 5.97 Å². The van der Waals surface area contributed by atoms with Gasteiger partial charge in [0.1, 0.15) is 0 Å². The highest BCUT2D eigenvalue weighted by molar-refractivity contribution is 6.76. The van der Waals surface area contributed by atoms with Crippen molar-refractivity contribution in [2.45, 2.75) is 17.1 Å². The van der Waals surface area contributed by atoms with E-state index in [9.17, 15) is 9.59 Å². The SMILES string of the molecule is CCC(=O)OCNC(=O)C(Cl)(Cl)Cl. The molecule has 0 aliphatic heterocycles. The fraction of sp³-hybridized carbons (Fsp3) is 0.667. The van der Waals surface area contributed by atoms with Crippen LogP contribution in [0.5, 0.6) is 0 Å². The summed E-state index contributed by atoms with van der Waals surface area (Å²) in [7, 11) is 0. The van der Waals surface area contributed by atoms with E-state index < -0.39 is 15.7 Å². The molecule has 0 radical (unpaired) electrons. The van der Waals surface area contributed by atoms with Crippen molar-refractivity contribution in [2.24, 2.45) is 0 Å². The number of carbonyl (C=O) groups excluding carboxylic acids is 2. The molecule has 0 aromatic rings. The van der Waals surface area contributed by atoms with Crippen molar-refractivity contribution in [2.75, 3.05) is 6.73 Å². The third kappa shape index (κ3) is 5.96. The van der Waals surface area contributed by atoms with Crippen molar-refractivity contribution >= 4 is 46.7 Å². The minimum absolute atomic E-state index is 0.226. The van der Waals surface area contributed by atoms with Crippen molar-refractivity contribution in [3.05, 3.63) is 0 Å². The summed E-state index contributed by atoms with van der Waals surface area (Å²) in [5.74, 6) is -1.27. The Hall–Kier alpha value is -0.190. The van der Waals surface area contributed by atoms with E-state index in [4.69, 9.17) is 34.8 Å². The topological polar surface area (TPSA) is 55.4 Å². The number of amides is 1. The van der Waals surface area contributed by atoms with Gasteiger partial charge in [0.05, 0.1) is 0 Å². The normalized spacial score (nSPS) is 10.8. The molecule has 0 fully saturated rings. The Balaban J connectivity index is 3.67.